The van der Waals surface area contributed by atoms with Gasteiger partial charge in [0.25, 0.3) is 5.91 Å². The van der Waals surface area contributed by atoms with E-state index in [-0.39, 0.29) is 5.91 Å². The van der Waals surface area contributed by atoms with E-state index in [4.69, 9.17) is 4.42 Å². The lowest BCUT2D eigenvalue weighted by Gasteiger charge is -2.15. The highest BCUT2D eigenvalue weighted by atomic mass is 16.4. The molecule has 0 spiro atoms. The van der Waals surface area contributed by atoms with E-state index in [2.05, 4.69) is 34.0 Å². The summed E-state index contributed by atoms with van der Waals surface area (Å²) in [7, 11) is 0. The molecule has 0 fully saturated rings. The van der Waals surface area contributed by atoms with Crippen molar-refractivity contribution in [2.45, 2.75) is 26.8 Å². The molecule has 6 nitrogen and oxygen atoms in total. The van der Waals surface area contributed by atoms with Crippen LogP contribution in [-0.2, 0) is 13.0 Å². The number of aromatic nitrogens is 2. The van der Waals surface area contributed by atoms with Gasteiger partial charge in [0.05, 0.1) is 6.54 Å². The molecular formula is C15H22N4O2. The lowest BCUT2D eigenvalue weighted by molar-refractivity contribution is 0.0922. The molecule has 0 saturated heterocycles. The summed E-state index contributed by atoms with van der Waals surface area (Å²) in [5.74, 6) is 1.84. The number of hydrogen-bond donors (Lipinski definition) is 2. The molecule has 0 radical (unpaired) electrons. The number of nitrogens with one attached hydrogen (secondary N) is 2. The van der Waals surface area contributed by atoms with Crippen LogP contribution in [0.1, 0.15) is 36.0 Å². The van der Waals surface area contributed by atoms with Crippen molar-refractivity contribution in [3.8, 4) is 0 Å². The lowest BCUT2D eigenvalue weighted by atomic mass is 10.3. The first-order valence-electron chi connectivity index (χ1n) is 7.30. The summed E-state index contributed by atoms with van der Waals surface area (Å²) in [5, 5.41) is 2.83. The molecule has 0 aromatic carbocycles. The first kappa shape index (κ1) is 15.3. The summed E-state index contributed by atoms with van der Waals surface area (Å²) in [6, 6.07) is 3.58. The normalized spacial score (nSPS) is 11.0. The van der Waals surface area contributed by atoms with Gasteiger partial charge < -0.3 is 14.7 Å². The van der Waals surface area contributed by atoms with E-state index < -0.39 is 0 Å². The number of rotatable bonds is 8. The predicted octanol–water partition coefficient (Wildman–Crippen LogP) is 1.82. The molecule has 0 unspecified atom stereocenters. The summed E-state index contributed by atoms with van der Waals surface area (Å²) in [4.78, 5) is 21.3. The van der Waals surface area contributed by atoms with E-state index >= 15 is 0 Å². The molecule has 0 bridgehead atoms. The van der Waals surface area contributed by atoms with Gasteiger partial charge in [-0.3, -0.25) is 9.69 Å². The molecule has 0 aliphatic carbocycles. The van der Waals surface area contributed by atoms with Crippen LogP contribution in [0.15, 0.2) is 28.9 Å². The number of furan rings is 1. The SMILES string of the molecule is CCN(CC)Cc1ccc(C(=O)NCCc2ncc[nH]2)o1. The van der Waals surface area contributed by atoms with E-state index in [1.807, 2.05) is 6.07 Å². The van der Waals surface area contributed by atoms with Crippen LogP contribution in [0, 0.1) is 0 Å². The summed E-state index contributed by atoms with van der Waals surface area (Å²) in [6.07, 6.45) is 4.14. The van der Waals surface area contributed by atoms with Crippen LogP contribution < -0.4 is 5.32 Å². The number of H-pyrrole nitrogens is 1. The van der Waals surface area contributed by atoms with E-state index in [9.17, 15) is 4.79 Å². The zero-order valence-corrected chi connectivity index (χ0v) is 12.6. The van der Waals surface area contributed by atoms with Gasteiger partial charge in [0.15, 0.2) is 5.76 Å². The van der Waals surface area contributed by atoms with Crippen LogP contribution in [0.25, 0.3) is 0 Å². The summed E-state index contributed by atoms with van der Waals surface area (Å²) < 4.78 is 5.59. The van der Waals surface area contributed by atoms with Gasteiger partial charge in [0, 0.05) is 25.4 Å². The van der Waals surface area contributed by atoms with Crippen molar-refractivity contribution < 1.29 is 9.21 Å². The molecule has 0 aliphatic rings. The third-order valence-electron chi connectivity index (χ3n) is 3.36. The topological polar surface area (TPSA) is 74.2 Å². The minimum atomic E-state index is -0.188. The van der Waals surface area contributed by atoms with Crippen LogP contribution in [0.3, 0.4) is 0 Å². The van der Waals surface area contributed by atoms with Gasteiger partial charge in [-0.05, 0) is 25.2 Å². The van der Waals surface area contributed by atoms with E-state index in [0.717, 1.165) is 31.2 Å². The Bertz CT molecular complexity index is 544. The van der Waals surface area contributed by atoms with Crippen molar-refractivity contribution >= 4 is 5.91 Å². The molecule has 2 heterocycles. The average molecular weight is 290 g/mol. The number of imidazole rings is 1. The average Bonchev–Trinajstić information content (AvgIpc) is 3.16. The maximum atomic E-state index is 12.0. The molecule has 2 aromatic rings. The second-order valence-electron chi connectivity index (χ2n) is 4.77. The van der Waals surface area contributed by atoms with Crippen LogP contribution in [-0.4, -0.2) is 40.4 Å². The van der Waals surface area contributed by atoms with Gasteiger partial charge in [-0.15, -0.1) is 0 Å². The lowest BCUT2D eigenvalue weighted by Crippen LogP contribution is -2.25. The summed E-state index contributed by atoms with van der Waals surface area (Å²) in [5.41, 5.74) is 0. The third kappa shape index (κ3) is 4.46. The molecule has 6 heteroatoms. The Hall–Kier alpha value is -2.08. The highest BCUT2D eigenvalue weighted by molar-refractivity contribution is 5.91. The maximum absolute atomic E-state index is 12.0. The van der Waals surface area contributed by atoms with Crippen LogP contribution >= 0.6 is 0 Å². The Morgan fingerprint density at radius 1 is 1.38 bits per heavy atom. The van der Waals surface area contributed by atoms with Crippen molar-refractivity contribution in [2.24, 2.45) is 0 Å². The number of carbonyl (C=O) groups excluding carboxylic acids is 1. The van der Waals surface area contributed by atoms with Gasteiger partial charge in [-0.1, -0.05) is 13.8 Å². The minimum Gasteiger partial charge on any atom is -0.455 e. The zero-order valence-electron chi connectivity index (χ0n) is 12.6. The highest BCUT2D eigenvalue weighted by Crippen LogP contribution is 2.10. The maximum Gasteiger partial charge on any atom is 0.287 e. The Labute approximate surface area is 124 Å². The smallest absolute Gasteiger partial charge is 0.287 e. The minimum absolute atomic E-state index is 0.188. The summed E-state index contributed by atoms with van der Waals surface area (Å²) in [6.45, 7) is 7.39. The van der Waals surface area contributed by atoms with Crippen molar-refractivity contribution in [3.63, 3.8) is 0 Å². The first-order valence-corrected chi connectivity index (χ1v) is 7.30. The van der Waals surface area contributed by atoms with Gasteiger partial charge in [0.2, 0.25) is 0 Å². The molecule has 2 aromatic heterocycles. The fraction of sp³-hybridized carbons (Fsp3) is 0.467. The second-order valence-corrected chi connectivity index (χ2v) is 4.77. The standard InChI is InChI=1S/C15H22N4O2/c1-3-19(4-2)11-12-5-6-13(21-12)15(20)18-8-7-14-16-9-10-17-14/h5-6,9-10H,3-4,7-8,11H2,1-2H3,(H,16,17)(H,18,20). The van der Waals surface area contributed by atoms with Gasteiger partial charge in [-0.25, -0.2) is 4.98 Å². The fourth-order valence-corrected chi connectivity index (χ4v) is 2.07. The number of carbonyl (C=O) groups is 1. The van der Waals surface area contributed by atoms with Crippen molar-refractivity contribution in [1.29, 1.82) is 0 Å². The highest BCUT2D eigenvalue weighted by Gasteiger charge is 2.12. The first-order chi connectivity index (χ1) is 10.2. The number of nitrogens with zero attached hydrogens (tertiary/aromatic N) is 2. The van der Waals surface area contributed by atoms with Crippen molar-refractivity contribution in [3.05, 3.63) is 41.9 Å². The molecule has 1 amide bonds. The molecule has 2 rings (SSSR count). The molecule has 21 heavy (non-hydrogen) atoms. The molecule has 0 saturated carbocycles. The van der Waals surface area contributed by atoms with Crippen LogP contribution in [0.4, 0.5) is 0 Å². The molecule has 0 atom stereocenters. The zero-order chi connectivity index (χ0) is 15.1. The monoisotopic (exact) mass is 290 g/mol. The Kier molecular flexibility index (Phi) is 5.57. The number of amides is 1. The Morgan fingerprint density at radius 2 is 2.19 bits per heavy atom. The fourth-order valence-electron chi connectivity index (χ4n) is 2.07. The van der Waals surface area contributed by atoms with E-state index in [0.29, 0.717) is 18.7 Å². The van der Waals surface area contributed by atoms with Crippen molar-refractivity contribution in [2.75, 3.05) is 19.6 Å². The van der Waals surface area contributed by atoms with Gasteiger partial charge in [-0.2, -0.15) is 0 Å². The van der Waals surface area contributed by atoms with E-state index in [1.54, 1.807) is 18.5 Å². The molecule has 114 valence electrons. The van der Waals surface area contributed by atoms with Crippen LogP contribution in [0.5, 0.6) is 0 Å². The molecular weight excluding hydrogens is 268 g/mol. The number of hydrogen-bond acceptors (Lipinski definition) is 4. The molecule has 2 N–H and O–H groups in total. The second kappa shape index (κ2) is 7.64. The summed E-state index contributed by atoms with van der Waals surface area (Å²) >= 11 is 0. The van der Waals surface area contributed by atoms with Gasteiger partial charge in [0.1, 0.15) is 11.6 Å². The predicted molar refractivity (Wildman–Crippen MR) is 80.0 cm³/mol. The third-order valence-corrected chi connectivity index (χ3v) is 3.36. The molecule has 0 aliphatic heterocycles. The Balaban J connectivity index is 1.81. The number of aromatic amines is 1. The van der Waals surface area contributed by atoms with Gasteiger partial charge >= 0.3 is 0 Å². The largest absolute Gasteiger partial charge is 0.455 e. The van der Waals surface area contributed by atoms with Crippen LogP contribution in [0.2, 0.25) is 0 Å². The van der Waals surface area contributed by atoms with E-state index in [1.165, 1.54) is 0 Å². The quantitative estimate of drug-likeness (QED) is 0.777. The van der Waals surface area contributed by atoms with Crippen molar-refractivity contribution in [1.82, 2.24) is 20.2 Å². The Morgan fingerprint density at radius 3 is 2.86 bits per heavy atom.